The van der Waals surface area contributed by atoms with Crippen LogP contribution in [0, 0.1) is 5.82 Å². The number of hydrogen-bond acceptors (Lipinski definition) is 1. The monoisotopic (exact) mass is 243 g/mol. The molecule has 0 bridgehead atoms. The average Bonchev–Trinajstić information content (AvgIpc) is 2.39. The minimum absolute atomic E-state index is 0.142. The molecule has 0 aromatic heterocycles. The molecule has 18 heavy (non-hydrogen) atoms. The second kappa shape index (κ2) is 6.31. The van der Waals surface area contributed by atoms with Gasteiger partial charge in [0.15, 0.2) is 0 Å². The molecular weight excluding hydrogens is 225 g/mol. The molecule has 1 atom stereocenters. The normalized spacial score (nSPS) is 12.3. The number of rotatable bonds is 5. The highest BCUT2D eigenvalue weighted by Gasteiger charge is 2.05. The van der Waals surface area contributed by atoms with Gasteiger partial charge in [-0.15, -0.1) is 0 Å². The van der Waals surface area contributed by atoms with Gasteiger partial charge in [-0.3, -0.25) is 0 Å². The van der Waals surface area contributed by atoms with Crippen LogP contribution in [0.25, 0.3) is 0 Å². The second-order valence-electron chi connectivity index (χ2n) is 4.56. The van der Waals surface area contributed by atoms with Gasteiger partial charge in [-0.05, 0) is 25.0 Å². The fourth-order valence-electron chi connectivity index (χ4n) is 1.97. The zero-order chi connectivity index (χ0) is 12.8. The fourth-order valence-corrected chi connectivity index (χ4v) is 1.97. The molecule has 0 heterocycles. The summed E-state index contributed by atoms with van der Waals surface area (Å²) in [5, 5.41) is 3.35. The molecule has 94 valence electrons. The second-order valence-corrected chi connectivity index (χ2v) is 4.56. The summed E-state index contributed by atoms with van der Waals surface area (Å²) in [6, 6.07) is 17.5. The van der Waals surface area contributed by atoms with E-state index in [9.17, 15) is 4.39 Å². The Morgan fingerprint density at radius 1 is 1.00 bits per heavy atom. The first-order valence-corrected chi connectivity index (χ1v) is 6.26. The molecule has 0 aliphatic heterocycles. The van der Waals surface area contributed by atoms with Crippen molar-refractivity contribution < 1.29 is 4.39 Å². The van der Waals surface area contributed by atoms with Crippen molar-refractivity contribution in [1.29, 1.82) is 0 Å². The smallest absolute Gasteiger partial charge is 0.127 e. The van der Waals surface area contributed by atoms with E-state index < -0.39 is 0 Å². The summed E-state index contributed by atoms with van der Waals surface area (Å²) in [7, 11) is 0. The fraction of sp³-hybridized carbons (Fsp3) is 0.250. The molecule has 2 aromatic carbocycles. The maximum absolute atomic E-state index is 13.4. The van der Waals surface area contributed by atoms with Gasteiger partial charge in [-0.1, -0.05) is 48.5 Å². The molecule has 2 rings (SSSR count). The lowest BCUT2D eigenvalue weighted by molar-refractivity contribution is 0.525. The predicted octanol–water partition coefficient (Wildman–Crippen LogP) is 3.55. The molecule has 0 radical (unpaired) electrons. The third-order valence-electron chi connectivity index (χ3n) is 2.98. The summed E-state index contributed by atoms with van der Waals surface area (Å²) in [6.45, 7) is 2.69. The SMILES string of the molecule is CC(Cc1ccccc1)NCc1ccccc1F. The summed E-state index contributed by atoms with van der Waals surface area (Å²) in [5.41, 5.74) is 2.02. The molecule has 0 aliphatic rings. The van der Waals surface area contributed by atoms with Gasteiger partial charge in [0.2, 0.25) is 0 Å². The average molecular weight is 243 g/mol. The number of hydrogen-bond donors (Lipinski definition) is 1. The van der Waals surface area contributed by atoms with Crippen LogP contribution in [-0.2, 0) is 13.0 Å². The van der Waals surface area contributed by atoms with Gasteiger partial charge in [0, 0.05) is 18.2 Å². The van der Waals surface area contributed by atoms with Crippen molar-refractivity contribution in [2.75, 3.05) is 0 Å². The van der Waals surface area contributed by atoms with E-state index in [4.69, 9.17) is 0 Å². The maximum atomic E-state index is 13.4. The van der Waals surface area contributed by atoms with Crippen molar-refractivity contribution in [3.05, 3.63) is 71.5 Å². The van der Waals surface area contributed by atoms with Gasteiger partial charge in [-0.25, -0.2) is 4.39 Å². The summed E-state index contributed by atoms with van der Waals surface area (Å²) < 4.78 is 13.4. The molecule has 1 nitrogen and oxygen atoms in total. The lowest BCUT2D eigenvalue weighted by Gasteiger charge is -2.14. The summed E-state index contributed by atoms with van der Waals surface area (Å²) in [6.07, 6.45) is 0.954. The molecule has 0 aliphatic carbocycles. The van der Waals surface area contributed by atoms with Crippen LogP contribution in [0.15, 0.2) is 54.6 Å². The van der Waals surface area contributed by atoms with Gasteiger partial charge >= 0.3 is 0 Å². The van der Waals surface area contributed by atoms with Crippen molar-refractivity contribution in [2.24, 2.45) is 0 Å². The van der Waals surface area contributed by atoms with E-state index in [1.165, 1.54) is 11.6 Å². The number of halogens is 1. The molecule has 2 aromatic rings. The topological polar surface area (TPSA) is 12.0 Å². The van der Waals surface area contributed by atoms with E-state index in [1.54, 1.807) is 6.07 Å². The minimum atomic E-state index is -0.142. The quantitative estimate of drug-likeness (QED) is 0.847. The van der Waals surface area contributed by atoms with Crippen molar-refractivity contribution >= 4 is 0 Å². The van der Waals surface area contributed by atoms with Crippen molar-refractivity contribution in [3.63, 3.8) is 0 Å². The van der Waals surface area contributed by atoms with Gasteiger partial charge in [0.1, 0.15) is 5.82 Å². The van der Waals surface area contributed by atoms with E-state index >= 15 is 0 Å². The first kappa shape index (κ1) is 12.8. The van der Waals surface area contributed by atoms with Gasteiger partial charge in [-0.2, -0.15) is 0 Å². The van der Waals surface area contributed by atoms with E-state index in [1.807, 2.05) is 30.3 Å². The Labute approximate surface area is 108 Å². The van der Waals surface area contributed by atoms with Crippen LogP contribution in [0.1, 0.15) is 18.1 Å². The highest BCUT2D eigenvalue weighted by atomic mass is 19.1. The lowest BCUT2D eigenvalue weighted by atomic mass is 10.1. The Hall–Kier alpha value is -1.67. The standard InChI is InChI=1S/C16H18FN/c1-13(11-14-7-3-2-4-8-14)18-12-15-9-5-6-10-16(15)17/h2-10,13,18H,11-12H2,1H3. The Morgan fingerprint density at radius 2 is 1.67 bits per heavy atom. The molecule has 2 heteroatoms. The van der Waals surface area contributed by atoms with Crippen LogP contribution in [0.3, 0.4) is 0 Å². The maximum Gasteiger partial charge on any atom is 0.127 e. The van der Waals surface area contributed by atoms with Crippen LogP contribution < -0.4 is 5.32 Å². The van der Waals surface area contributed by atoms with Gasteiger partial charge in [0.25, 0.3) is 0 Å². The highest BCUT2D eigenvalue weighted by Crippen LogP contribution is 2.07. The first-order chi connectivity index (χ1) is 8.75. The largest absolute Gasteiger partial charge is 0.310 e. The van der Waals surface area contributed by atoms with Crippen LogP contribution in [0.5, 0.6) is 0 Å². The molecule has 0 fully saturated rings. The number of nitrogens with one attached hydrogen (secondary N) is 1. The van der Waals surface area contributed by atoms with Crippen LogP contribution in [0.4, 0.5) is 4.39 Å². The third-order valence-corrected chi connectivity index (χ3v) is 2.98. The summed E-state index contributed by atoms with van der Waals surface area (Å²) in [5.74, 6) is -0.142. The zero-order valence-corrected chi connectivity index (χ0v) is 10.6. The van der Waals surface area contributed by atoms with Crippen molar-refractivity contribution in [2.45, 2.75) is 25.9 Å². The zero-order valence-electron chi connectivity index (χ0n) is 10.6. The molecule has 0 saturated heterocycles. The van der Waals surface area contributed by atoms with E-state index in [0.29, 0.717) is 12.6 Å². The summed E-state index contributed by atoms with van der Waals surface area (Å²) in [4.78, 5) is 0. The van der Waals surface area contributed by atoms with Crippen LogP contribution >= 0.6 is 0 Å². The molecule has 0 spiro atoms. The molecule has 0 saturated carbocycles. The van der Waals surface area contributed by atoms with Crippen molar-refractivity contribution in [1.82, 2.24) is 5.32 Å². The van der Waals surface area contributed by atoms with Gasteiger partial charge in [0.05, 0.1) is 0 Å². The van der Waals surface area contributed by atoms with Crippen LogP contribution in [-0.4, -0.2) is 6.04 Å². The highest BCUT2D eigenvalue weighted by molar-refractivity contribution is 5.18. The first-order valence-electron chi connectivity index (χ1n) is 6.26. The Morgan fingerprint density at radius 3 is 2.39 bits per heavy atom. The summed E-state index contributed by atoms with van der Waals surface area (Å²) >= 11 is 0. The molecular formula is C16H18FN. The van der Waals surface area contributed by atoms with Gasteiger partial charge < -0.3 is 5.32 Å². The minimum Gasteiger partial charge on any atom is -0.310 e. The third kappa shape index (κ3) is 3.67. The van der Waals surface area contributed by atoms with Crippen LogP contribution in [0.2, 0.25) is 0 Å². The van der Waals surface area contributed by atoms with E-state index in [-0.39, 0.29) is 5.82 Å². The molecule has 1 unspecified atom stereocenters. The number of benzene rings is 2. The van der Waals surface area contributed by atoms with Crippen molar-refractivity contribution in [3.8, 4) is 0 Å². The molecule has 0 amide bonds. The Kier molecular flexibility index (Phi) is 4.48. The Bertz CT molecular complexity index is 481. The Balaban J connectivity index is 1.86. The van der Waals surface area contributed by atoms with E-state index in [2.05, 4.69) is 24.4 Å². The lowest BCUT2D eigenvalue weighted by Crippen LogP contribution is -2.27. The predicted molar refractivity (Wildman–Crippen MR) is 72.8 cm³/mol. The van der Waals surface area contributed by atoms with E-state index in [0.717, 1.165) is 12.0 Å². The molecule has 1 N–H and O–H groups in total.